The zero-order valence-electron chi connectivity index (χ0n) is 9.45. The first-order valence-electron chi connectivity index (χ1n) is 5.86. The van der Waals surface area contributed by atoms with Crippen molar-refractivity contribution in [2.45, 2.75) is 6.10 Å². The van der Waals surface area contributed by atoms with Gasteiger partial charge in [-0.1, -0.05) is 46.3 Å². The molecule has 0 aliphatic carbocycles. The Balaban J connectivity index is 2.15. The van der Waals surface area contributed by atoms with Crippen LogP contribution in [0.25, 0.3) is 10.8 Å². The Kier molecular flexibility index (Phi) is 3.14. The molecule has 2 aromatic carbocycles. The fraction of sp³-hybridized carbons (Fsp3) is 0.286. The molecule has 17 heavy (non-hydrogen) atoms. The van der Waals surface area contributed by atoms with Crippen molar-refractivity contribution in [2.75, 3.05) is 19.7 Å². The first kappa shape index (κ1) is 11.2. The van der Waals surface area contributed by atoms with Gasteiger partial charge in [-0.2, -0.15) is 0 Å². The Morgan fingerprint density at radius 1 is 1.18 bits per heavy atom. The van der Waals surface area contributed by atoms with E-state index in [4.69, 9.17) is 4.74 Å². The molecule has 1 aliphatic rings. The quantitative estimate of drug-likeness (QED) is 0.871. The van der Waals surface area contributed by atoms with Gasteiger partial charge in [-0.05, 0) is 16.8 Å². The van der Waals surface area contributed by atoms with Crippen molar-refractivity contribution in [3.8, 4) is 0 Å². The normalized spacial score (nSPS) is 20.6. The molecule has 1 N–H and O–H groups in total. The molecule has 1 unspecified atom stereocenters. The van der Waals surface area contributed by atoms with E-state index in [1.54, 1.807) is 0 Å². The highest BCUT2D eigenvalue weighted by molar-refractivity contribution is 9.10. The van der Waals surface area contributed by atoms with Crippen LogP contribution in [-0.4, -0.2) is 19.7 Å². The summed E-state index contributed by atoms with van der Waals surface area (Å²) in [6.07, 6.45) is 0.143. The lowest BCUT2D eigenvalue weighted by Gasteiger charge is -2.26. The van der Waals surface area contributed by atoms with Gasteiger partial charge in [-0.25, -0.2) is 0 Å². The molecule has 0 spiro atoms. The fourth-order valence-electron chi connectivity index (χ4n) is 2.35. The third kappa shape index (κ3) is 2.10. The molecule has 0 saturated carbocycles. The molecule has 1 saturated heterocycles. The minimum Gasteiger partial charge on any atom is -0.371 e. The van der Waals surface area contributed by atoms with E-state index in [2.05, 4.69) is 57.6 Å². The van der Waals surface area contributed by atoms with Crippen LogP contribution < -0.4 is 5.32 Å². The molecule has 1 fully saturated rings. The number of halogens is 1. The summed E-state index contributed by atoms with van der Waals surface area (Å²) in [6.45, 7) is 2.60. The van der Waals surface area contributed by atoms with E-state index in [-0.39, 0.29) is 6.10 Å². The number of morpholine rings is 1. The molecule has 0 amide bonds. The third-order valence-corrected chi connectivity index (χ3v) is 3.86. The Hall–Kier alpha value is -0.900. The monoisotopic (exact) mass is 291 g/mol. The maximum absolute atomic E-state index is 5.86. The van der Waals surface area contributed by atoms with Gasteiger partial charge in [0.2, 0.25) is 0 Å². The summed E-state index contributed by atoms with van der Waals surface area (Å²) in [7, 11) is 0. The summed E-state index contributed by atoms with van der Waals surface area (Å²) in [5.41, 5.74) is 1.26. The van der Waals surface area contributed by atoms with Crippen molar-refractivity contribution in [2.24, 2.45) is 0 Å². The zero-order valence-corrected chi connectivity index (χ0v) is 11.0. The van der Waals surface area contributed by atoms with Crippen molar-refractivity contribution in [3.05, 3.63) is 46.4 Å². The van der Waals surface area contributed by atoms with Crippen LogP contribution >= 0.6 is 15.9 Å². The van der Waals surface area contributed by atoms with Crippen molar-refractivity contribution in [1.82, 2.24) is 5.32 Å². The molecule has 2 nitrogen and oxygen atoms in total. The van der Waals surface area contributed by atoms with Crippen LogP contribution in [-0.2, 0) is 4.74 Å². The van der Waals surface area contributed by atoms with Gasteiger partial charge in [0, 0.05) is 23.1 Å². The number of rotatable bonds is 1. The third-order valence-electron chi connectivity index (χ3n) is 3.17. The summed E-state index contributed by atoms with van der Waals surface area (Å²) in [6, 6.07) is 12.7. The van der Waals surface area contributed by atoms with Crippen molar-refractivity contribution in [3.63, 3.8) is 0 Å². The topological polar surface area (TPSA) is 21.3 Å². The van der Waals surface area contributed by atoms with Gasteiger partial charge in [-0.15, -0.1) is 0 Å². The van der Waals surface area contributed by atoms with E-state index >= 15 is 0 Å². The van der Waals surface area contributed by atoms with Gasteiger partial charge < -0.3 is 10.1 Å². The summed E-state index contributed by atoms with van der Waals surface area (Å²) < 4.78 is 6.99. The van der Waals surface area contributed by atoms with Crippen molar-refractivity contribution in [1.29, 1.82) is 0 Å². The first-order valence-corrected chi connectivity index (χ1v) is 6.65. The Morgan fingerprint density at radius 2 is 2.06 bits per heavy atom. The molecular weight excluding hydrogens is 278 g/mol. The van der Waals surface area contributed by atoms with Crippen LogP contribution in [0.2, 0.25) is 0 Å². The average Bonchev–Trinajstić information content (AvgIpc) is 2.39. The van der Waals surface area contributed by atoms with E-state index in [9.17, 15) is 0 Å². The van der Waals surface area contributed by atoms with Gasteiger partial charge >= 0.3 is 0 Å². The van der Waals surface area contributed by atoms with Crippen LogP contribution in [0.4, 0.5) is 0 Å². The highest BCUT2D eigenvalue weighted by Gasteiger charge is 2.20. The number of ether oxygens (including phenoxy) is 1. The minimum absolute atomic E-state index is 0.143. The molecule has 0 radical (unpaired) electrons. The van der Waals surface area contributed by atoms with E-state index < -0.39 is 0 Å². The molecule has 88 valence electrons. The molecule has 3 rings (SSSR count). The van der Waals surface area contributed by atoms with E-state index in [0.29, 0.717) is 0 Å². The lowest BCUT2D eigenvalue weighted by molar-refractivity contribution is 0.0282. The highest BCUT2D eigenvalue weighted by atomic mass is 79.9. The second kappa shape index (κ2) is 4.77. The largest absolute Gasteiger partial charge is 0.371 e. The zero-order chi connectivity index (χ0) is 11.7. The predicted octanol–water partition coefficient (Wildman–Crippen LogP) is 3.26. The lowest BCUT2D eigenvalue weighted by Crippen LogP contribution is -2.33. The first-order chi connectivity index (χ1) is 8.36. The SMILES string of the molecule is Brc1ccc2ccccc2c1C1CNCCO1. The molecule has 1 atom stereocenters. The predicted molar refractivity (Wildman–Crippen MR) is 73.2 cm³/mol. The van der Waals surface area contributed by atoms with Gasteiger partial charge in [0.05, 0.1) is 12.7 Å². The fourth-order valence-corrected chi connectivity index (χ4v) is 2.95. The number of benzene rings is 2. The maximum atomic E-state index is 5.86. The Bertz CT molecular complexity index is 535. The van der Waals surface area contributed by atoms with Crippen LogP contribution in [0.5, 0.6) is 0 Å². The standard InChI is InChI=1S/C14H14BrNO/c15-12-6-5-10-3-1-2-4-11(10)14(12)13-9-16-7-8-17-13/h1-6,13,16H,7-9H2. The summed E-state index contributed by atoms with van der Waals surface area (Å²) in [5, 5.41) is 5.92. The molecule has 2 aromatic rings. The van der Waals surface area contributed by atoms with Crippen LogP contribution in [0.1, 0.15) is 11.7 Å². The average molecular weight is 292 g/mol. The molecular formula is C14H14BrNO. The van der Waals surface area contributed by atoms with E-state index in [0.717, 1.165) is 24.2 Å². The number of hydrogen-bond acceptors (Lipinski definition) is 2. The molecule has 1 aliphatic heterocycles. The van der Waals surface area contributed by atoms with Crippen molar-refractivity contribution < 1.29 is 4.74 Å². The summed E-state index contributed by atoms with van der Waals surface area (Å²) in [5.74, 6) is 0. The van der Waals surface area contributed by atoms with Gasteiger partial charge in [0.15, 0.2) is 0 Å². The Labute approximate surface area is 109 Å². The summed E-state index contributed by atoms with van der Waals surface area (Å²) >= 11 is 3.65. The highest BCUT2D eigenvalue weighted by Crippen LogP contribution is 2.33. The maximum Gasteiger partial charge on any atom is 0.0966 e. The number of nitrogens with one attached hydrogen (secondary N) is 1. The van der Waals surface area contributed by atoms with Crippen molar-refractivity contribution >= 4 is 26.7 Å². The second-order valence-corrected chi connectivity index (χ2v) is 5.10. The minimum atomic E-state index is 0.143. The smallest absolute Gasteiger partial charge is 0.0966 e. The van der Waals surface area contributed by atoms with Crippen LogP contribution in [0.3, 0.4) is 0 Å². The van der Waals surface area contributed by atoms with E-state index in [1.807, 2.05) is 0 Å². The van der Waals surface area contributed by atoms with Gasteiger partial charge in [0.1, 0.15) is 0 Å². The molecule has 0 bridgehead atoms. The molecule has 1 heterocycles. The summed E-state index contributed by atoms with van der Waals surface area (Å²) in [4.78, 5) is 0. The number of hydrogen-bond donors (Lipinski definition) is 1. The molecule has 0 aromatic heterocycles. The number of fused-ring (bicyclic) bond motifs is 1. The van der Waals surface area contributed by atoms with Gasteiger partial charge in [0.25, 0.3) is 0 Å². The van der Waals surface area contributed by atoms with Crippen LogP contribution in [0, 0.1) is 0 Å². The second-order valence-electron chi connectivity index (χ2n) is 4.25. The van der Waals surface area contributed by atoms with Crippen LogP contribution in [0.15, 0.2) is 40.9 Å². The Morgan fingerprint density at radius 3 is 2.88 bits per heavy atom. The molecule has 3 heteroatoms. The van der Waals surface area contributed by atoms with Gasteiger partial charge in [-0.3, -0.25) is 0 Å². The van der Waals surface area contributed by atoms with E-state index in [1.165, 1.54) is 16.3 Å². The lowest BCUT2D eigenvalue weighted by atomic mass is 10.00.